The molecule has 1 amide bonds. The zero-order chi connectivity index (χ0) is 28.7. The molecule has 4 heterocycles. The second-order valence-electron chi connectivity index (χ2n) is 9.08. The number of H-pyrrole nitrogens is 1. The number of thiazole rings is 1. The number of nitrogens with two attached hydrogens (primary N) is 1. The van der Waals surface area contributed by atoms with Crippen molar-refractivity contribution < 1.29 is 17.9 Å². The number of carbonyl (C=O) groups excluding carboxylic acids is 1. The highest BCUT2D eigenvalue weighted by Gasteiger charge is 2.30. The summed E-state index contributed by atoms with van der Waals surface area (Å²) in [5, 5.41) is 0.550. The molecule has 0 radical (unpaired) electrons. The lowest BCUT2D eigenvalue weighted by Crippen LogP contribution is -2.33. The molecule has 0 saturated carbocycles. The van der Waals surface area contributed by atoms with E-state index in [4.69, 9.17) is 10.5 Å². The van der Waals surface area contributed by atoms with Crippen molar-refractivity contribution in [2.24, 2.45) is 0 Å². The van der Waals surface area contributed by atoms with Gasteiger partial charge < -0.3 is 20.0 Å². The molecule has 0 aliphatic rings. The van der Waals surface area contributed by atoms with E-state index in [-0.39, 0.29) is 34.1 Å². The highest BCUT2D eigenvalue weighted by Crippen LogP contribution is 2.39. The van der Waals surface area contributed by atoms with E-state index in [1.807, 2.05) is 12.1 Å². The maximum Gasteiger partial charge on any atom is 0.282 e. The van der Waals surface area contributed by atoms with E-state index >= 15 is 0 Å². The van der Waals surface area contributed by atoms with Gasteiger partial charge in [-0.05, 0) is 66.2 Å². The minimum atomic E-state index is -4.31. The molecule has 41 heavy (non-hydrogen) atoms. The lowest BCUT2D eigenvalue weighted by molar-refractivity contribution is 0.0974. The monoisotopic (exact) mass is 586 g/mol. The van der Waals surface area contributed by atoms with Crippen molar-refractivity contribution in [2.45, 2.75) is 11.4 Å². The summed E-state index contributed by atoms with van der Waals surface area (Å²) in [7, 11) is -2.84. The second-order valence-corrected chi connectivity index (χ2v) is 11.6. The molecule has 6 rings (SSSR count). The van der Waals surface area contributed by atoms with E-state index in [0.717, 1.165) is 4.70 Å². The van der Waals surface area contributed by atoms with Crippen LogP contribution in [0.3, 0.4) is 0 Å². The van der Waals surface area contributed by atoms with Gasteiger partial charge in [-0.3, -0.25) is 9.59 Å². The number of amides is 1. The van der Waals surface area contributed by atoms with Crippen molar-refractivity contribution in [3.05, 3.63) is 100 Å². The van der Waals surface area contributed by atoms with Gasteiger partial charge in [0.25, 0.3) is 21.5 Å². The van der Waals surface area contributed by atoms with Crippen LogP contribution < -0.4 is 20.8 Å². The number of rotatable bonds is 7. The Morgan fingerprint density at radius 1 is 1.12 bits per heavy atom. The summed E-state index contributed by atoms with van der Waals surface area (Å²) in [4.78, 5) is 38.3. The maximum absolute atomic E-state index is 14.1. The Kier molecular flexibility index (Phi) is 6.52. The number of ether oxygens (including phenoxy) is 1. The third-order valence-electron chi connectivity index (χ3n) is 6.61. The van der Waals surface area contributed by atoms with Crippen LogP contribution in [0.4, 0.5) is 5.82 Å². The fourth-order valence-corrected chi connectivity index (χ4v) is 6.44. The maximum atomic E-state index is 14.1. The summed E-state index contributed by atoms with van der Waals surface area (Å²) in [5.41, 5.74) is 9.49. The summed E-state index contributed by atoms with van der Waals surface area (Å²) in [6.07, 6.45) is 3.03. The highest BCUT2D eigenvalue weighted by atomic mass is 32.2. The number of fused-ring (bicyclic) bond motifs is 3. The van der Waals surface area contributed by atoms with Crippen LogP contribution in [0.1, 0.15) is 16.1 Å². The molecule has 0 saturated heterocycles. The fourth-order valence-electron chi connectivity index (χ4n) is 4.81. The van der Waals surface area contributed by atoms with Crippen LogP contribution in [0, 0.1) is 0 Å². The second kappa shape index (κ2) is 10.2. The lowest BCUT2D eigenvalue weighted by Gasteiger charge is -2.14. The largest absolute Gasteiger partial charge is 0.497 e. The molecule has 11 nitrogen and oxygen atoms in total. The smallest absolute Gasteiger partial charge is 0.282 e. The third-order valence-corrected chi connectivity index (χ3v) is 8.75. The molecule has 0 fully saturated rings. The van der Waals surface area contributed by atoms with Crippen LogP contribution in [0.5, 0.6) is 5.75 Å². The molecule has 4 N–H and O–H groups in total. The molecular formula is C28H22N6O5S2. The van der Waals surface area contributed by atoms with Gasteiger partial charge in [0, 0.05) is 29.9 Å². The van der Waals surface area contributed by atoms with E-state index in [2.05, 4.69) is 19.7 Å². The zero-order valence-corrected chi connectivity index (χ0v) is 23.1. The van der Waals surface area contributed by atoms with Crippen molar-refractivity contribution in [2.75, 3.05) is 12.8 Å². The average molecular weight is 587 g/mol. The number of nitrogen functional groups attached to an aromatic ring is 1. The first-order valence-corrected chi connectivity index (χ1v) is 14.6. The Morgan fingerprint density at radius 3 is 2.66 bits per heavy atom. The van der Waals surface area contributed by atoms with Gasteiger partial charge in [-0.25, -0.2) is 23.1 Å². The molecule has 0 spiro atoms. The summed E-state index contributed by atoms with van der Waals surface area (Å²) >= 11 is 1.41. The number of hydrogen-bond acceptors (Lipinski definition) is 9. The first-order chi connectivity index (χ1) is 19.8. The van der Waals surface area contributed by atoms with E-state index in [0.29, 0.717) is 27.7 Å². The van der Waals surface area contributed by atoms with Gasteiger partial charge in [-0.1, -0.05) is 0 Å². The molecule has 0 bridgehead atoms. The number of pyridine rings is 2. The Morgan fingerprint density at radius 2 is 1.93 bits per heavy atom. The number of aromatic nitrogens is 4. The van der Waals surface area contributed by atoms with Crippen molar-refractivity contribution >= 4 is 54.2 Å². The fraction of sp³-hybridized carbons (Fsp3) is 0.0714. The van der Waals surface area contributed by atoms with Crippen molar-refractivity contribution in [3.8, 4) is 16.9 Å². The molecular weight excluding hydrogens is 564 g/mol. The zero-order valence-electron chi connectivity index (χ0n) is 21.5. The quantitative estimate of drug-likeness (QED) is 0.255. The van der Waals surface area contributed by atoms with Crippen LogP contribution in [0.2, 0.25) is 0 Å². The van der Waals surface area contributed by atoms with E-state index in [1.54, 1.807) is 40.5 Å². The number of nitrogens with zero attached hydrogens (tertiary/aromatic N) is 3. The standard InChI is InChI=1S/C28H22N6O5S2/c1-39-17-4-6-18(7-5-17)41(37,38)33-28(36)26-23(19-3-2-11-31-27(19)35)24-20(8-9-21-25(24)32-15-40-21)34(26)14-16-10-12-30-22(29)13-16/h2-13,15H,14H2,1H3,(H2,29,30)(H,31,35)(H,33,36). The van der Waals surface area contributed by atoms with Gasteiger partial charge in [0.1, 0.15) is 17.3 Å². The van der Waals surface area contributed by atoms with E-state index in [9.17, 15) is 18.0 Å². The number of nitrogens with one attached hydrogen (secondary N) is 2. The third kappa shape index (κ3) is 4.70. The van der Waals surface area contributed by atoms with Crippen molar-refractivity contribution in [3.63, 3.8) is 0 Å². The molecule has 0 unspecified atom stereocenters. The van der Waals surface area contributed by atoms with Crippen LogP contribution in [-0.4, -0.2) is 41.0 Å². The van der Waals surface area contributed by atoms with Crippen LogP contribution in [0.25, 0.3) is 32.2 Å². The molecule has 0 atom stereocenters. The molecule has 0 aliphatic heterocycles. The number of anilines is 1. The molecule has 206 valence electrons. The predicted octanol–water partition coefficient (Wildman–Crippen LogP) is 3.76. The minimum Gasteiger partial charge on any atom is -0.497 e. The summed E-state index contributed by atoms with van der Waals surface area (Å²) in [6, 6.07) is 16.0. The predicted molar refractivity (Wildman–Crippen MR) is 157 cm³/mol. The Bertz CT molecular complexity index is 2110. The molecule has 0 aliphatic carbocycles. The number of hydrogen-bond donors (Lipinski definition) is 3. The Labute approximate surface area is 237 Å². The first-order valence-electron chi connectivity index (χ1n) is 12.2. The SMILES string of the molecule is COc1ccc(S(=O)(=O)NC(=O)c2c(-c3ccc[nH]c3=O)c3c4ncsc4ccc3n2Cc2ccnc(N)c2)cc1. The van der Waals surface area contributed by atoms with E-state index in [1.165, 1.54) is 48.9 Å². The van der Waals surface area contributed by atoms with Gasteiger partial charge in [0.05, 0.1) is 38.8 Å². The van der Waals surface area contributed by atoms with Gasteiger partial charge in [-0.2, -0.15) is 0 Å². The van der Waals surface area contributed by atoms with Crippen molar-refractivity contribution in [1.29, 1.82) is 0 Å². The first kappa shape index (κ1) is 26.2. The van der Waals surface area contributed by atoms with Gasteiger partial charge in [0.15, 0.2) is 0 Å². The van der Waals surface area contributed by atoms with Gasteiger partial charge in [-0.15, -0.1) is 11.3 Å². The highest BCUT2D eigenvalue weighted by molar-refractivity contribution is 7.90. The van der Waals surface area contributed by atoms with Crippen molar-refractivity contribution in [1.82, 2.24) is 24.2 Å². The number of benzene rings is 2. The minimum absolute atomic E-state index is 0.0235. The van der Waals surface area contributed by atoms with Crippen LogP contribution in [0.15, 0.2) is 88.3 Å². The van der Waals surface area contributed by atoms with Gasteiger partial charge in [0.2, 0.25) is 0 Å². The Balaban J connectivity index is 1.62. The summed E-state index contributed by atoms with van der Waals surface area (Å²) < 4.78 is 36.5. The number of carbonyl (C=O) groups is 1. The van der Waals surface area contributed by atoms with Gasteiger partial charge >= 0.3 is 0 Å². The Hall–Kier alpha value is -5.01. The summed E-state index contributed by atoms with van der Waals surface area (Å²) in [6.45, 7) is 0.134. The number of sulfonamides is 1. The van der Waals surface area contributed by atoms with Crippen LogP contribution in [-0.2, 0) is 16.6 Å². The average Bonchev–Trinajstić information content (AvgIpc) is 3.56. The topological polar surface area (TPSA) is 162 Å². The summed E-state index contributed by atoms with van der Waals surface area (Å²) in [5.74, 6) is -0.167. The molecule has 4 aromatic heterocycles. The molecule has 6 aromatic rings. The van der Waals surface area contributed by atoms with Crippen LogP contribution >= 0.6 is 11.3 Å². The van der Waals surface area contributed by atoms with E-state index < -0.39 is 21.5 Å². The number of methoxy groups -OCH3 is 1. The number of aromatic amines is 1. The molecule has 2 aromatic carbocycles. The normalized spacial score (nSPS) is 11.6. The lowest BCUT2D eigenvalue weighted by atomic mass is 10.0. The molecule has 13 heteroatoms.